The predicted octanol–water partition coefficient (Wildman–Crippen LogP) is 3.03. The van der Waals surface area contributed by atoms with E-state index in [0.29, 0.717) is 6.42 Å². The fraction of sp³-hybridized carbons (Fsp3) is 0.909. The Labute approximate surface area is 96.4 Å². The second kappa shape index (κ2) is 9.48. The molecule has 0 amide bonds. The normalized spacial score (nSPS) is 12.8. The summed E-state index contributed by atoms with van der Waals surface area (Å²) in [4.78, 5) is 2.37. The Hall–Kier alpha value is -0.0700. The monoisotopic (exact) mass is 260 g/mol. The highest BCUT2D eigenvalue weighted by Crippen LogP contribution is 2.11. The summed E-state index contributed by atoms with van der Waals surface area (Å²) in [6.07, 6.45) is 3.16. The lowest BCUT2D eigenvalue weighted by molar-refractivity contribution is 0.250. The summed E-state index contributed by atoms with van der Waals surface area (Å²) in [6.45, 7) is 7.47. The van der Waals surface area contributed by atoms with Crippen LogP contribution < -0.4 is 0 Å². The van der Waals surface area contributed by atoms with Gasteiger partial charge in [0.25, 0.3) is 0 Å². The molecule has 0 aliphatic heterocycles. The van der Waals surface area contributed by atoms with Crippen molar-refractivity contribution >= 4 is 15.9 Å². The highest BCUT2D eigenvalue weighted by Gasteiger charge is 2.10. The van der Waals surface area contributed by atoms with Crippen molar-refractivity contribution in [3.8, 4) is 6.07 Å². The summed E-state index contributed by atoms with van der Waals surface area (Å²) in [6, 6.07) is 2.20. The highest BCUT2D eigenvalue weighted by molar-refractivity contribution is 9.09. The minimum atomic E-state index is 0.648. The molecule has 0 spiro atoms. The Morgan fingerprint density at radius 2 is 2.14 bits per heavy atom. The van der Waals surface area contributed by atoms with E-state index in [1.54, 1.807) is 0 Å². The van der Waals surface area contributed by atoms with Crippen LogP contribution in [0.4, 0.5) is 0 Å². The predicted molar refractivity (Wildman–Crippen MR) is 64.5 cm³/mol. The number of alkyl halides is 1. The van der Waals surface area contributed by atoms with Crippen LogP contribution in [0.1, 0.15) is 33.1 Å². The summed E-state index contributed by atoms with van der Waals surface area (Å²) in [5.74, 6) is 0.735. The number of halogens is 1. The van der Waals surface area contributed by atoms with Crippen LogP contribution in [0.3, 0.4) is 0 Å². The van der Waals surface area contributed by atoms with Gasteiger partial charge in [-0.05, 0) is 18.9 Å². The van der Waals surface area contributed by atoms with Gasteiger partial charge in [-0.15, -0.1) is 0 Å². The van der Waals surface area contributed by atoms with Gasteiger partial charge in [0.15, 0.2) is 0 Å². The SMILES string of the molecule is CCCC(CBr)CN(CC)CCC#N. The maximum Gasteiger partial charge on any atom is 0.0635 e. The van der Waals surface area contributed by atoms with Crippen molar-refractivity contribution in [2.45, 2.75) is 33.1 Å². The second-order valence-electron chi connectivity index (χ2n) is 3.61. The third kappa shape index (κ3) is 6.39. The van der Waals surface area contributed by atoms with Gasteiger partial charge in [-0.3, -0.25) is 0 Å². The van der Waals surface area contributed by atoms with E-state index >= 15 is 0 Å². The van der Waals surface area contributed by atoms with Crippen molar-refractivity contribution in [1.82, 2.24) is 4.90 Å². The molecule has 14 heavy (non-hydrogen) atoms. The van der Waals surface area contributed by atoms with Crippen molar-refractivity contribution in [3.63, 3.8) is 0 Å². The van der Waals surface area contributed by atoms with Crippen molar-refractivity contribution in [3.05, 3.63) is 0 Å². The Morgan fingerprint density at radius 3 is 2.57 bits per heavy atom. The lowest BCUT2D eigenvalue weighted by Gasteiger charge is -2.24. The number of hydrogen-bond donors (Lipinski definition) is 0. The quantitative estimate of drug-likeness (QED) is 0.628. The van der Waals surface area contributed by atoms with Gasteiger partial charge in [0, 0.05) is 24.8 Å². The van der Waals surface area contributed by atoms with Gasteiger partial charge in [0.1, 0.15) is 0 Å². The Balaban J connectivity index is 3.82. The molecule has 0 aromatic rings. The molecule has 0 aromatic carbocycles. The van der Waals surface area contributed by atoms with Gasteiger partial charge in [-0.1, -0.05) is 36.2 Å². The maximum absolute atomic E-state index is 8.52. The Kier molecular flexibility index (Phi) is 9.44. The van der Waals surface area contributed by atoms with Crippen LogP contribution in [-0.4, -0.2) is 29.9 Å². The van der Waals surface area contributed by atoms with E-state index in [4.69, 9.17) is 5.26 Å². The van der Waals surface area contributed by atoms with Gasteiger partial charge in [0.05, 0.1) is 6.07 Å². The van der Waals surface area contributed by atoms with Crippen molar-refractivity contribution in [1.29, 1.82) is 5.26 Å². The smallest absolute Gasteiger partial charge is 0.0635 e. The zero-order valence-electron chi connectivity index (χ0n) is 9.30. The molecule has 0 bridgehead atoms. The van der Waals surface area contributed by atoms with E-state index < -0.39 is 0 Å². The van der Waals surface area contributed by atoms with Crippen molar-refractivity contribution < 1.29 is 0 Å². The van der Waals surface area contributed by atoms with Crippen LogP contribution in [0.2, 0.25) is 0 Å². The first kappa shape index (κ1) is 13.9. The summed E-state index contributed by atoms with van der Waals surface area (Å²) < 4.78 is 0. The zero-order valence-corrected chi connectivity index (χ0v) is 10.9. The molecule has 2 nitrogen and oxygen atoms in total. The van der Waals surface area contributed by atoms with Gasteiger partial charge < -0.3 is 4.90 Å². The average Bonchev–Trinajstić information content (AvgIpc) is 2.22. The van der Waals surface area contributed by atoms with Gasteiger partial charge in [0.2, 0.25) is 0 Å². The molecule has 0 saturated carbocycles. The topological polar surface area (TPSA) is 27.0 Å². The molecular weight excluding hydrogens is 240 g/mol. The fourth-order valence-electron chi connectivity index (χ4n) is 1.58. The highest BCUT2D eigenvalue weighted by atomic mass is 79.9. The molecule has 0 rings (SSSR count). The van der Waals surface area contributed by atoms with E-state index in [-0.39, 0.29) is 0 Å². The number of nitriles is 1. The largest absolute Gasteiger partial charge is 0.302 e. The van der Waals surface area contributed by atoms with Crippen LogP contribution in [-0.2, 0) is 0 Å². The maximum atomic E-state index is 8.52. The lowest BCUT2D eigenvalue weighted by Crippen LogP contribution is -2.31. The van der Waals surface area contributed by atoms with Crippen LogP contribution in [0.5, 0.6) is 0 Å². The molecule has 0 aliphatic rings. The molecule has 1 unspecified atom stereocenters. The van der Waals surface area contributed by atoms with E-state index in [1.807, 2.05) is 0 Å². The van der Waals surface area contributed by atoms with E-state index in [9.17, 15) is 0 Å². The van der Waals surface area contributed by atoms with Crippen molar-refractivity contribution in [2.24, 2.45) is 5.92 Å². The van der Waals surface area contributed by atoms with Gasteiger partial charge >= 0.3 is 0 Å². The molecule has 82 valence electrons. The summed E-state index contributed by atoms with van der Waals surface area (Å²) in [5.41, 5.74) is 0. The van der Waals surface area contributed by atoms with E-state index in [1.165, 1.54) is 12.8 Å². The van der Waals surface area contributed by atoms with Gasteiger partial charge in [-0.25, -0.2) is 0 Å². The second-order valence-corrected chi connectivity index (χ2v) is 4.26. The van der Waals surface area contributed by atoms with E-state index in [2.05, 4.69) is 40.7 Å². The third-order valence-electron chi connectivity index (χ3n) is 2.42. The lowest BCUT2D eigenvalue weighted by atomic mass is 10.1. The first-order chi connectivity index (χ1) is 6.78. The van der Waals surface area contributed by atoms with Crippen LogP contribution in [0.15, 0.2) is 0 Å². The fourth-order valence-corrected chi connectivity index (χ4v) is 2.11. The summed E-state index contributed by atoms with van der Waals surface area (Å²) >= 11 is 3.55. The van der Waals surface area contributed by atoms with Crippen LogP contribution in [0, 0.1) is 17.2 Å². The molecule has 1 atom stereocenters. The molecular formula is C11H21BrN2. The molecule has 0 N–H and O–H groups in total. The first-order valence-electron chi connectivity index (χ1n) is 5.43. The summed E-state index contributed by atoms with van der Waals surface area (Å²) in [5, 5.41) is 9.59. The standard InChI is InChI=1S/C11H21BrN2/c1-3-6-11(9-12)10-14(4-2)8-5-7-13/h11H,3-6,8-10H2,1-2H3. The molecule has 0 fully saturated rings. The molecule has 0 radical (unpaired) electrons. The average molecular weight is 261 g/mol. The number of rotatable bonds is 8. The summed E-state index contributed by atoms with van der Waals surface area (Å²) in [7, 11) is 0. The first-order valence-corrected chi connectivity index (χ1v) is 6.55. The van der Waals surface area contributed by atoms with Crippen molar-refractivity contribution in [2.75, 3.05) is 25.0 Å². The molecule has 0 heterocycles. The molecule has 0 saturated heterocycles. The molecule has 0 aliphatic carbocycles. The number of nitrogens with zero attached hydrogens (tertiary/aromatic N) is 2. The van der Waals surface area contributed by atoms with Crippen LogP contribution >= 0.6 is 15.9 Å². The van der Waals surface area contributed by atoms with Crippen LogP contribution in [0.25, 0.3) is 0 Å². The molecule has 3 heteroatoms. The minimum Gasteiger partial charge on any atom is -0.302 e. The van der Waals surface area contributed by atoms with Gasteiger partial charge in [-0.2, -0.15) is 5.26 Å². The third-order valence-corrected chi connectivity index (χ3v) is 3.33. The Bertz CT molecular complexity index is 165. The number of hydrogen-bond acceptors (Lipinski definition) is 2. The minimum absolute atomic E-state index is 0.648. The van der Waals surface area contributed by atoms with E-state index in [0.717, 1.165) is 30.9 Å². The zero-order chi connectivity index (χ0) is 10.8. The Morgan fingerprint density at radius 1 is 1.43 bits per heavy atom. The molecule has 0 aromatic heterocycles.